The summed E-state index contributed by atoms with van der Waals surface area (Å²) in [5.74, 6) is -1.36. The summed E-state index contributed by atoms with van der Waals surface area (Å²) in [5.41, 5.74) is 0.872. The third-order valence-corrected chi connectivity index (χ3v) is 11.2. The minimum Gasteiger partial charge on any atom is -0.359 e. The number of carbonyl (C=O) groups is 3. The van der Waals surface area contributed by atoms with Gasteiger partial charge in [-0.2, -0.15) is 0 Å². The van der Waals surface area contributed by atoms with Gasteiger partial charge >= 0.3 is 0 Å². The number of hydrogen-bond acceptors (Lipinski definition) is 5. The molecule has 5 atom stereocenters. The van der Waals surface area contributed by atoms with Gasteiger partial charge < -0.3 is 25.2 Å². The lowest BCUT2D eigenvalue weighted by atomic mass is 9.74. The smallest absolute Gasteiger partial charge is 0.246 e. The molecule has 2 N–H and O–H groups in total. The minimum atomic E-state index is -1.14. The Morgan fingerprint density at radius 2 is 1.65 bits per heavy atom. The molecule has 0 aromatic heterocycles. The van der Waals surface area contributed by atoms with Crippen LogP contribution in [0.4, 0.5) is 5.69 Å². The molecule has 7 rings (SSSR count). The highest BCUT2D eigenvalue weighted by atomic mass is 35.5. The van der Waals surface area contributed by atoms with Gasteiger partial charge in [-0.05, 0) is 93.9 Å². The number of hydrogen-bond donors (Lipinski definition) is 2. The van der Waals surface area contributed by atoms with Crippen molar-refractivity contribution < 1.29 is 19.1 Å². The summed E-state index contributed by atoms with van der Waals surface area (Å²) < 4.78 is 6.53. The van der Waals surface area contributed by atoms with E-state index in [1.807, 2.05) is 12.2 Å². The molecule has 4 aliphatic heterocycles. The molecule has 9 heteroatoms. The second-order valence-corrected chi connectivity index (χ2v) is 14.3. The Morgan fingerprint density at radius 3 is 2.39 bits per heavy atom. The van der Waals surface area contributed by atoms with E-state index in [0.717, 1.165) is 58.2 Å². The number of likely N-dealkylation sites (tertiary alicyclic amines) is 2. The maximum Gasteiger partial charge on any atom is 0.246 e. The summed E-state index contributed by atoms with van der Waals surface area (Å²) in [6, 6.07) is 17.0. The molecule has 2 aromatic carbocycles. The second-order valence-electron chi connectivity index (χ2n) is 13.9. The van der Waals surface area contributed by atoms with Crippen LogP contribution in [0, 0.1) is 17.8 Å². The van der Waals surface area contributed by atoms with Crippen LogP contribution in [0.15, 0.2) is 66.7 Å². The standard InChI is InChI=1S/C37H45ClN4O4/c38-27-12-14-29(15-13-27)39-34(43)31-30-16-19-37(46-30)32(31)36(45)42(33(37)35(44)40-28-10-5-2-6-11-28)21-7-20-41-22-17-26(18-23-41)24-25-8-3-1-4-9-25/h1,3-4,8-9,12-16,19,26,28,30-33H,2,5-7,10-11,17-18,20-24H2,(H,39,43)(H,40,44)/t30-,31+,32-,33+,37-/m1/s1. The third-order valence-electron chi connectivity index (χ3n) is 10.9. The van der Waals surface area contributed by atoms with Crippen molar-refractivity contribution >= 4 is 35.0 Å². The van der Waals surface area contributed by atoms with Crippen molar-refractivity contribution in [2.45, 2.75) is 81.6 Å². The van der Waals surface area contributed by atoms with E-state index in [9.17, 15) is 14.4 Å². The van der Waals surface area contributed by atoms with Gasteiger partial charge in [0.25, 0.3) is 0 Å². The monoisotopic (exact) mass is 644 g/mol. The van der Waals surface area contributed by atoms with E-state index in [-0.39, 0.29) is 23.8 Å². The van der Waals surface area contributed by atoms with Gasteiger partial charge in [0.1, 0.15) is 11.6 Å². The van der Waals surface area contributed by atoms with Crippen molar-refractivity contribution in [3.05, 3.63) is 77.3 Å². The summed E-state index contributed by atoms with van der Waals surface area (Å²) in [4.78, 5) is 46.3. The number of piperidine rings is 1. The van der Waals surface area contributed by atoms with Crippen LogP contribution >= 0.6 is 11.6 Å². The van der Waals surface area contributed by atoms with Crippen molar-refractivity contribution in [2.24, 2.45) is 17.8 Å². The normalized spacial score (nSPS) is 29.7. The molecule has 1 spiro atoms. The summed E-state index contributed by atoms with van der Waals surface area (Å²) in [7, 11) is 0. The first kappa shape index (κ1) is 31.4. The van der Waals surface area contributed by atoms with E-state index >= 15 is 0 Å². The van der Waals surface area contributed by atoms with Gasteiger partial charge in [0.2, 0.25) is 17.7 Å². The molecule has 1 saturated carbocycles. The zero-order valence-corrected chi connectivity index (χ0v) is 27.2. The molecule has 5 aliphatic rings. The van der Waals surface area contributed by atoms with Crippen LogP contribution < -0.4 is 10.6 Å². The third kappa shape index (κ3) is 6.24. The fraction of sp³-hybridized carbons (Fsp3) is 0.541. The van der Waals surface area contributed by atoms with E-state index < -0.39 is 29.6 Å². The van der Waals surface area contributed by atoms with Gasteiger partial charge in [-0.1, -0.05) is 73.3 Å². The van der Waals surface area contributed by atoms with Crippen LogP contribution in [-0.2, 0) is 25.5 Å². The van der Waals surface area contributed by atoms with E-state index in [1.54, 1.807) is 29.2 Å². The predicted octanol–water partition coefficient (Wildman–Crippen LogP) is 5.22. The molecule has 3 amide bonds. The molecule has 3 saturated heterocycles. The number of fused-ring (bicyclic) bond motifs is 1. The molecular weight excluding hydrogens is 600 g/mol. The van der Waals surface area contributed by atoms with Crippen molar-refractivity contribution in [2.75, 3.05) is 31.5 Å². The van der Waals surface area contributed by atoms with Crippen molar-refractivity contribution in [3.8, 4) is 0 Å². The number of halogens is 1. The average Bonchev–Trinajstić information content (AvgIpc) is 3.71. The lowest BCUT2D eigenvalue weighted by Crippen LogP contribution is -2.56. The Labute approximate surface area is 276 Å². The summed E-state index contributed by atoms with van der Waals surface area (Å²) >= 11 is 6.04. The van der Waals surface area contributed by atoms with Crippen molar-refractivity contribution in [3.63, 3.8) is 0 Å². The van der Waals surface area contributed by atoms with Crippen molar-refractivity contribution in [1.82, 2.24) is 15.1 Å². The second kappa shape index (κ2) is 13.5. The van der Waals surface area contributed by atoms with Crippen LogP contribution in [0.3, 0.4) is 0 Å². The lowest BCUT2D eigenvalue weighted by Gasteiger charge is -2.35. The Hall–Kier alpha value is -3.20. The number of ether oxygens (including phenoxy) is 1. The van der Waals surface area contributed by atoms with Gasteiger partial charge in [-0.25, -0.2) is 0 Å². The number of rotatable bonds is 10. The molecule has 8 nitrogen and oxygen atoms in total. The van der Waals surface area contributed by atoms with E-state index in [0.29, 0.717) is 23.2 Å². The van der Waals surface area contributed by atoms with Crippen LogP contribution in [-0.4, -0.2) is 77.5 Å². The Kier molecular flexibility index (Phi) is 9.21. The summed E-state index contributed by atoms with van der Waals surface area (Å²) in [5, 5.41) is 6.83. The summed E-state index contributed by atoms with van der Waals surface area (Å²) in [6.45, 7) is 3.42. The topological polar surface area (TPSA) is 91.0 Å². The molecule has 4 fully saturated rings. The Bertz CT molecular complexity index is 1440. The molecule has 1 aliphatic carbocycles. The number of benzene rings is 2. The van der Waals surface area contributed by atoms with Gasteiger partial charge in [-0.15, -0.1) is 0 Å². The quantitative estimate of drug-likeness (QED) is 0.346. The lowest BCUT2D eigenvalue weighted by molar-refractivity contribution is -0.141. The van der Waals surface area contributed by atoms with Gasteiger partial charge in [0.05, 0.1) is 17.9 Å². The van der Waals surface area contributed by atoms with Gasteiger partial charge in [-0.3, -0.25) is 14.4 Å². The highest BCUT2D eigenvalue weighted by Crippen LogP contribution is 2.55. The van der Waals surface area contributed by atoms with Gasteiger partial charge in [0, 0.05) is 23.3 Å². The number of carbonyl (C=O) groups excluding carboxylic acids is 3. The van der Waals surface area contributed by atoms with Crippen LogP contribution in [0.2, 0.25) is 5.02 Å². The average molecular weight is 645 g/mol. The molecule has 2 aromatic rings. The van der Waals surface area contributed by atoms with Gasteiger partial charge in [0.15, 0.2) is 0 Å². The summed E-state index contributed by atoms with van der Waals surface area (Å²) in [6.07, 6.45) is 12.7. The van der Waals surface area contributed by atoms with Crippen molar-refractivity contribution in [1.29, 1.82) is 0 Å². The Morgan fingerprint density at radius 1 is 0.913 bits per heavy atom. The molecule has 46 heavy (non-hydrogen) atoms. The predicted molar refractivity (Wildman–Crippen MR) is 178 cm³/mol. The van der Waals surface area contributed by atoms with E-state index in [2.05, 4.69) is 45.9 Å². The number of anilines is 1. The maximum absolute atomic E-state index is 14.3. The number of nitrogens with zero attached hydrogens (tertiary/aromatic N) is 2. The zero-order valence-electron chi connectivity index (χ0n) is 26.4. The Balaban J connectivity index is 1.04. The van der Waals surface area contributed by atoms with Crippen LogP contribution in [0.5, 0.6) is 0 Å². The highest BCUT2D eigenvalue weighted by Gasteiger charge is 2.72. The van der Waals surface area contributed by atoms with E-state index in [4.69, 9.17) is 16.3 Å². The molecule has 0 unspecified atom stereocenters. The molecule has 0 radical (unpaired) electrons. The first-order valence-electron chi connectivity index (χ1n) is 17.2. The fourth-order valence-corrected chi connectivity index (χ4v) is 8.75. The largest absolute Gasteiger partial charge is 0.359 e. The van der Waals surface area contributed by atoms with E-state index in [1.165, 1.54) is 24.8 Å². The minimum absolute atomic E-state index is 0.109. The molecule has 4 heterocycles. The number of amides is 3. The first-order valence-corrected chi connectivity index (χ1v) is 17.6. The number of nitrogens with one attached hydrogen (secondary N) is 2. The molecular formula is C37H45ClN4O4. The van der Waals surface area contributed by atoms with Crippen LogP contribution in [0.25, 0.3) is 0 Å². The maximum atomic E-state index is 14.3. The fourth-order valence-electron chi connectivity index (χ4n) is 8.62. The zero-order chi connectivity index (χ0) is 31.7. The molecule has 2 bridgehead atoms. The SMILES string of the molecule is O=C(Nc1ccc(Cl)cc1)[C@H]1[C@H]2C=C[C@]3(O2)[C@H](C(=O)NC2CCCCC2)N(CCCN2CCC(Cc4ccccc4)CC2)C(=O)[C@@H]13. The molecule has 244 valence electrons. The first-order chi connectivity index (χ1) is 22.4. The van der Waals surface area contributed by atoms with Crippen LogP contribution in [0.1, 0.15) is 56.9 Å². The highest BCUT2D eigenvalue weighted by molar-refractivity contribution is 6.30.